The van der Waals surface area contributed by atoms with Crippen LogP contribution in [0.1, 0.15) is 99.0 Å². The van der Waals surface area contributed by atoms with Crippen LogP contribution in [0.2, 0.25) is 10.0 Å². The number of fused-ring (bicyclic) bond motifs is 2. The van der Waals surface area contributed by atoms with Crippen molar-refractivity contribution in [1.29, 1.82) is 0 Å². The summed E-state index contributed by atoms with van der Waals surface area (Å²) in [6.07, 6.45) is 4.66. The van der Waals surface area contributed by atoms with E-state index in [1.54, 1.807) is 35.2 Å². The highest BCUT2D eigenvalue weighted by Gasteiger charge is 2.57. The molecule has 4 N–H and O–H groups in total. The zero-order chi connectivity index (χ0) is 42.5. The average Bonchev–Trinajstić information content (AvgIpc) is 3.75. The lowest BCUT2D eigenvalue weighted by atomic mass is 9.86. The third-order valence-electron chi connectivity index (χ3n) is 13.2. The van der Waals surface area contributed by atoms with Crippen LogP contribution in [0.5, 0.6) is 0 Å². The van der Waals surface area contributed by atoms with Crippen molar-refractivity contribution in [2.75, 3.05) is 18.4 Å². The summed E-state index contributed by atoms with van der Waals surface area (Å²) < 4.78 is 16.0. The van der Waals surface area contributed by atoms with E-state index in [4.69, 9.17) is 23.2 Å². The maximum Gasteiger partial charge on any atom is 0.255 e. The van der Waals surface area contributed by atoms with Gasteiger partial charge in [0.15, 0.2) is 0 Å². The average molecular weight is 866 g/mol. The predicted octanol–water partition coefficient (Wildman–Crippen LogP) is 6.85. The van der Waals surface area contributed by atoms with Gasteiger partial charge in [-0.2, -0.15) is 0 Å². The second-order valence-corrected chi connectivity index (χ2v) is 17.9. The summed E-state index contributed by atoms with van der Waals surface area (Å²) in [5, 5.41) is 12.8. The summed E-state index contributed by atoms with van der Waals surface area (Å²) >= 11 is 12.7. The van der Waals surface area contributed by atoms with Crippen molar-refractivity contribution in [1.82, 2.24) is 25.8 Å². The molecule has 0 spiro atoms. The van der Waals surface area contributed by atoms with Crippen molar-refractivity contribution in [3.63, 3.8) is 0 Å². The molecule has 9 rings (SSSR count). The van der Waals surface area contributed by atoms with E-state index in [0.29, 0.717) is 72.1 Å². The van der Waals surface area contributed by atoms with Crippen LogP contribution in [0.15, 0.2) is 78.9 Å². The van der Waals surface area contributed by atoms with E-state index >= 15 is 4.39 Å². The third-order valence-corrected chi connectivity index (χ3v) is 13.7. The normalized spacial score (nSPS) is 24.7. The van der Waals surface area contributed by atoms with Crippen LogP contribution >= 0.6 is 23.2 Å². The number of nitrogens with zero attached hydrogens (tertiary/aromatic N) is 2. The maximum absolute atomic E-state index is 16.0. The molecule has 14 heteroatoms. The molecular weight excluding hydrogens is 818 g/mol. The van der Waals surface area contributed by atoms with Gasteiger partial charge in [0.05, 0.1) is 11.1 Å². The van der Waals surface area contributed by atoms with Gasteiger partial charge in [0.2, 0.25) is 17.7 Å². The van der Waals surface area contributed by atoms with Crippen molar-refractivity contribution in [2.24, 2.45) is 5.92 Å². The van der Waals surface area contributed by atoms with Gasteiger partial charge in [0.1, 0.15) is 11.9 Å². The Labute approximate surface area is 363 Å². The number of benzene rings is 4. The summed E-state index contributed by atoms with van der Waals surface area (Å²) in [5.41, 5.74) is 5.88. The minimum Gasteiger partial charge on any atom is -0.352 e. The first-order valence-corrected chi connectivity index (χ1v) is 21.9. The van der Waals surface area contributed by atoms with Gasteiger partial charge in [-0.15, -0.1) is 0 Å². The van der Waals surface area contributed by atoms with E-state index in [9.17, 15) is 24.0 Å². The summed E-state index contributed by atoms with van der Waals surface area (Å²) in [6, 6.07) is 21.8. The second kappa shape index (κ2) is 17.0. The van der Waals surface area contributed by atoms with Crippen LogP contribution in [0.3, 0.4) is 0 Å². The number of carbonyl (C=O) groups excluding carboxylic acids is 5. The first kappa shape index (κ1) is 41.2. The minimum atomic E-state index is -0.673. The molecule has 4 aromatic rings. The van der Waals surface area contributed by atoms with Crippen LogP contribution in [-0.4, -0.2) is 76.6 Å². The Kier molecular flexibility index (Phi) is 11.5. The largest absolute Gasteiger partial charge is 0.352 e. The number of piperidine rings is 1. The molecule has 1 aliphatic carbocycles. The number of nitrogens with one attached hydrogen (secondary N) is 4. The summed E-state index contributed by atoms with van der Waals surface area (Å²) in [7, 11) is 0. The van der Waals surface area contributed by atoms with E-state index in [-0.39, 0.29) is 53.2 Å². The van der Waals surface area contributed by atoms with Gasteiger partial charge in [-0.3, -0.25) is 34.2 Å². The summed E-state index contributed by atoms with van der Waals surface area (Å²) in [4.78, 5) is 69.0. The number of anilines is 1. The van der Waals surface area contributed by atoms with E-state index < -0.39 is 29.7 Å². The highest BCUT2D eigenvalue weighted by atomic mass is 35.5. The topological polar surface area (TPSA) is 140 Å². The van der Waals surface area contributed by atoms with Gasteiger partial charge >= 0.3 is 0 Å². The number of hydrogen-bond acceptors (Lipinski definition) is 7. The zero-order valence-electron chi connectivity index (χ0n) is 33.7. The molecule has 4 aromatic carbocycles. The molecule has 1 saturated carbocycles. The molecule has 4 fully saturated rings. The first-order chi connectivity index (χ1) is 29.4. The van der Waals surface area contributed by atoms with Crippen LogP contribution in [0.4, 0.5) is 10.1 Å². The lowest BCUT2D eigenvalue weighted by Crippen LogP contribution is -2.52. The fraction of sp³-hybridized carbons (Fsp3) is 0.383. The highest BCUT2D eigenvalue weighted by molar-refractivity contribution is 6.31. The Morgan fingerprint density at radius 3 is 2.51 bits per heavy atom. The van der Waals surface area contributed by atoms with Crippen LogP contribution in [0.25, 0.3) is 0 Å². The smallest absolute Gasteiger partial charge is 0.255 e. The van der Waals surface area contributed by atoms with Gasteiger partial charge < -0.3 is 20.9 Å². The number of likely N-dealkylation sites (tertiary alicyclic amines) is 1. The quantitative estimate of drug-likeness (QED) is 0.0903. The van der Waals surface area contributed by atoms with E-state index in [2.05, 4.69) is 26.2 Å². The molecule has 6 atom stereocenters. The standard InChI is InChI=1S/C47H47Cl2FN6O5/c1-25-10-17-30(48)21-35(25)53-46(60)43-40(32-8-3-9-34(49)41(32)50)42-38(55(43)23-26-11-12-26)22-36(52-42)28-13-15-29(16-14-28)44(58)51-20-4-6-27-5-2-7-31-33(27)24-56(47(31)61)37-18-19-39(57)54-45(37)59/h2-3,5,7-10,13-17,21,26,36-38,40,42-43,52H,4,6,11-12,18-20,22-24H2,1H3,(H,51,58)(H,53,60)(H,54,57,59)/t36-,37?,38+,40+,42-,43-/m1/s1. The number of imide groups is 1. The van der Waals surface area contributed by atoms with Gasteiger partial charge in [-0.1, -0.05) is 65.7 Å². The highest BCUT2D eigenvalue weighted by Crippen LogP contribution is 2.49. The lowest BCUT2D eigenvalue weighted by Gasteiger charge is -2.32. The fourth-order valence-corrected chi connectivity index (χ4v) is 10.3. The summed E-state index contributed by atoms with van der Waals surface area (Å²) in [5.74, 6) is -1.95. The van der Waals surface area contributed by atoms with Crippen LogP contribution in [0, 0.1) is 18.7 Å². The van der Waals surface area contributed by atoms with Gasteiger partial charge in [-0.25, -0.2) is 4.39 Å². The fourth-order valence-electron chi connectivity index (χ4n) is 9.90. The minimum absolute atomic E-state index is 0.0152. The molecule has 316 valence electrons. The Morgan fingerprint density at radius 1 is 0.951 bits per heavy atom. The number of aryl methyl sites for hydroxylation is 2. The molecule has 61 heavy (non-hydrogen) atoms. The molecule has 5 amide bonds. The van der Waals surface area contributed by atoms with Crippen molar-refractivity contribution in [3.05, 3.63) is 134 Å². The number of halogens is 3. The molecule has 3 saturated heterocycles. The van der Waals surface area contributed by atoms with Crippen LogP contribution < -0.4 is 21.3 Å². The Hall–Kier alpha value is -5.14. The van der Waals surface area contributed by atoms with E-state index in [0.717, 1.165) is 41.6 Å². The van der Waals surface area contributed by atoms with Crippen molar-refractivity contribution < 1.29 is 28.4 Å². The second-order valence-electron chi connectivity index (χ2n) is 17.1. The molecule has 5 aliphatic rings. The third kappa shape index (κ3) is 8.18. The Morgan fingerprint density at radius 2 is 1.74 bits per heavy atom. The maximum atomic E-state index is 16.0. The van der Waals surface area contributed by atoms with Crippen molar-refractivity contribution in [3.8, 4) is 0 Å². The van der Waals surface area contributed by atoms with Gasteiger partial charge in [0, 0.05) is 71.9 Å². The molecule has 0 aromatic heterocycles. The Balaban J connectivity index is 0.859. The number of carbonyl (C=O) groups is 5. The first-order valence-electron chi connectivity index (χ1n) is 21.1. The lowest BCUT2D eigenvalue weighted by molar-refractivity contribution is -0.137. The van der Waals surface area contributed by atoms with Crippen molar-refractivity contribution in [2.45, 2.75) is 94.5 Å². The van der Waals surface area contributed by atoms with Gasteiger partial charge in [-0.05, 0) is 116 Å². The molecule has 0 radical (unpaired) electrons. The number of rotatable bonds is 12. The van der Waals surface area contributed by atoms with Gasteiger partial charge in [0.25, 0.3) is 11.8 Å². The SMILES string of the molecule is Cc1ccc(Cl)cc1NC(=O)[C@H]1[C@@H](c2cccc(Cl)c2F)[C@@H]2N[C@@H](c3ccc(C(=O)NCCCc4cccc5c4CN(C4CCC(=O)NC4=O)C5=O)cc3)C[C@@H]2N1CC1CC1. The number of hydrogen-bond donors (Lipinski definition) is 4. The van der Waals surface area contributed by atoms with E-state index in [1.165, 1.54) is 6.07 Å². The number of amides is 5. The molecule has 4 heterocycles. The molecule has 1 unspecified atom stereocenters. The zero-order valence-corrected chi connectivity index (χ0v) is 35.2. The van der Waals surface area contributed by atoms with Crippen molar-refractivity contribution >= 4 is 58.4 Å². The summed E-state index contributed by atoms with van der Waals surface area (Å²) in [6.45, 7) is 3.37. The monoisotopic (exact) mass is 864 g/mol. The molecular formula is C47H47Cl2FN6O5. The molecule has 4 aliphatic heterocycles. The predicted molar refractivity (Wildman–Crippen MR) is 230 cm³/mol. The molecule has 0 bridgehead atoms. The Bertz CT molecular complexity index is 2430. The van der Waals surface area contributed by atoms with Crippen LogP contribution in [-0.2, 0) is 27.3 Å². The molecule has 11 nitrogen and oxygen atoms in total. The van der Waals surface area contributed by atoms with E-state index in [1.807, 2.05) is 49.4 Å².